The zero-order chi connectivity index (χ0) is 14.7. The standard InChI is InChI=1S/C16H14F2OS/c1-10-4-3-5-13(8-10)20-11(2)16(19)14-7-6-12(17)9-15(14)18/h3-9,11H,1-2H3. The molecule has 0 radical (unpaired) electrons. The number of Topliss-reactive ketones (excluding diaryl/α,β-unsaturated/α-hetero) is 1. The summed E-state index contributed by atoms with van der Waals surface area (Å²) in [4.78, 5) is 13.1. The lowest BCUT2D eigenvalue weighted by molar-refractivity contribution is 0.0990. The summed E-state index contributed by atoms with van der Waals surface area (Å²) in [7, 11) is 0. The Morgan fingerprint density at radius 3 is 2.55 bits per heavy atom. The van der Waals surface area contributed by atoms with Crippen molar-refractivity contribution in [3.8, 4) is 0 Å². The lowest BCUT2D eigenvalue weighted by Gasteiger charge is -2.11. The fourth-order valence-corrected chi connectivity index (χ4v) is 2.91. The van der Waals surface area contributed by atoms with Crippen LogP contribution in [0.5, 0.6) is 0 Å². The average Bonchev–Trinajstić information content (AvgIpc) is 2.38. The zero-order valence-electron chi connectivity index (χ0n) is 11.2. The molecule has 0 amide bonds. The van der Waals surface area contributed by atoms with Gasteiger partial charge in [0.1, 0.15) is 11.6 Å². The van der Waals surface area contributed by atoms with Crippen LogP contribution >= 0.6 is 11.8 Å². The number of benzene rings is 2. The highest BCUT2D eigenvalue weighted by atomic mass is 32.2. The van der Waals surface area contributed by atoms with Gasteiger partial charge in [0.05, 0.1) is 10.8 Å². The molecule has 0 aliphatic rings. The number of halogens is 2. The van der Waals surface area contributed by atoms with E-state index in [0.29, 0.717) is 0 Å². The second-order valence-corrected chi connectivity index (χ2v) is 5.98. The zero-order valence-corrected chi connectivity index (χ0v) is 12.0. The van der Waals surface area contributed by atoms with Crippen LogP contribution < -0.4 is 0 Å². The van der Waals surface area contributed by atoms with Gasteiger partial charge in [-0.3, -0.25) is 4.79 Å². The Labute approximate surface area is 121 Å². The first kappa shape index (κ1) is 14.7. The Balaban J connectivity index is 2.16. The van der Waals surface area contributed by atoms with Crippen molar-refractivity contribution in [2.75, 3.05) is 0 Å². The number of thioether (sulfide) groups is 1. The summed E-state index contributed by atoms with van der Waals surface area (Å²) in [5.74, 6) is -1.83. The third-order valence-corrected chi connectivity index (χ3v) is 3.96. The molecule has 4 heteroatoms. The largest absolute Gasteiger partial charge is 0.293 e. The molecule has 1 unspecified atom stereocenters. The molecule has 0 spiro atoms. The van der Waals surface area contributed by atoms with E-state index in [0.717, 1.165) is 22.6 Å². The number of carbonyl (C=O) groups is 1. The predicted octanol–water partition coefficient (Wildman–Crippen LogP) is 4.64. The third kappa shape index (κ3) is 3.45. The van der Waals surface area contributed by atoms with E-state index >= 15 is 0 Å². The van der Waals surface area contributed by atoms with Crippen LogP contribution in [0.4, 0.5) is 8.78 Å². The van der Waals surface area contributed by atoms with Crippen molar-refractivity contribution in [3.63, 3.8) is 0 Å². The van der Waals surface area contributed by atoms with Crippen molar-refractivity contribution in [3.05, 3.63) is 65.2 Å². The third-order valence-electron chi connectivity index (χ3n) is 2.87. The lowest BCUT2D eigenvalue weighted by Crippen LogP contribution is -2.15. The van der Waals surface area contributed by atoms with Crippen LogP contribution in [0.1, 0.15) is 22.8 Å². The van der Waals surface area contributed by atoms with Crippen LogP contribution in [0, 0.1) is 18.6 Å². The molecule has 0 saturated carbocycles. The summed E-state index contributed by atoms with van der Waals surface area (Å²) in [5.41, 5.74) is 1.03. The fraction of sp³-hybridized carbons (Fsp3) is 0.188. The Hall–Kier alpha value is -1.68. The van der Waals surface area contributed by atoms with Crippen molar-refractivity contribution in [1.82, 2.24) is 0 Å². The van der Waals surface area contributed by atoms with Crippen LogP contribution in [-0.2, 0) is 0 Å². The molecule has 2 aromatic carbocycles. The SMILES string of the molecule is Cc1cccc(SC(C)C(=O)c2ccc(F)cc2F)c1. The Morgan fingerprint density at radius 1 is 1.15 bits per heavy atom. The molecule has 0 heterocycles. The molecule has 1 atom stereocenters. The summed E-state index contributed by atoms with van der Waals surface area (Å²) in [5, 5.41) is -0.434. The molecule has 2 aromatic rings. The minimum absolute atomic E-state index is 0.0703. The summed E-state index contributed by atoms with van der Waals surface area (Å²) in [6, 6.07) is 10.8. The number of carbonyl (C=O) groups excluding carboxylic acids is 1. The molecule has 0 bridgehead atoms. The highest BCUT2D eigenvalue weighted by Gasteiger charge is 2.20. The molecule has 0 aliphatic heterocycles. The van der Waals surface area contributed by atoms with E-state index in [1.165, 1.54) is 17.8 Å². The Morgan fingerprint density at radius 2 is 1.90 bits per heavy atom. The highest BCUT2D eigenvalue weighted by Crippen LogP contribution is 2.27. The van der Waals surface area contributed by atoms with Crippen molar-refractivity contribution < 1.29 is 13.6 Å². The quantitative estimate of drug-likeness (QED) is 0.603. The van der Waals surface area contributed by atoms with Crippen LogP contribution in [0.3, 0.4) is 0 Å². The average molecular weight is 292 g/mol. The van der Waals surface area contributed by atoms with Gasteiger partial charge < -0.3 is 0 Å². The van der Waals surface area contributed by atoms with Crippen molar-refractivity contribution in [2.45, 2.75) is 24.0 Å². The summed E-state index contributed by atoms with van der Waals surface area (Å²) in [6.07, 6.45) is 0. The maximum Gasteiger partial charge on any atom is 0.178 e. The number of ketones is 1. The van der Waals surface area contributed by atoms with Crippen molar-refractivity contribution in [2.24, 2.45) is 0 Å². The van der Waals surface area contributed by atoms with Gasteiger partial charge in [-0.1, -0.05) is 17.7 Å². The maximum absolute atomic E-state index is 13.6. The molecule has 0 aliphatic carbocycles. The first-order valence-electron chi connectivity index (χ1n) is 6.20. The van der Waals surface area contributed by atoms with E-state index < -0.39 is 16.9 Å². The van der Waals surface area contributed by atoms with Gasteiger partial charge in [0.25, 0.3) is 0 Å². The van der Waals surface area contributed by atoms with Gasteiger partial charge in [-0.25, -0.2) is 8.78 Å². The molecule has 0 fully saturated rings. The molecule has 104 valence electrons. The Kier molecular flexibility index (Phi) is 4.55. The van der Waals surface area contributed by atoms with Crippen molar-refractivity contribution in [1.29, 1.82) is 0 Å². The van der Waals surface area contributed by atoms with E-state index in [-0.39, 0.29) is 11.3 Å². The van der Waals surface area contributed by atoms with Crippen molar-refractivity contribution >= 4 is 17.5 Å². The van der Waals surface area contributed by atoms with Crippen LogP contribution in [0.2, 0.25) is 0 Å². The summed E-state index contributed by atoms with van der Waals surface area (Å²) in [6.45, 7) is 3.69. The molecule has 0 saturated heterocycles. The van der Waals surface area contributed by atoms with Crippen LogP contribution in [0.15, 0.2) is 47.4 Å². The minimum atomic E-state index is -0.813. The lowest BCUT2D eigenvalue weighted by atomic mass is 10.1. The molecule has 0 aromatic heterocycles. The van der Waals surface area contributed by atoms with E-state index in [1.807, 2.05) is 31.2 Å². The minimum Gasteiger partial charge on any atom is -0.293 e. The molecular weight excluding hydrogens is 278 g/mol. The van der Waals surface area contributed by atoms with Crippen LogP contribution in [-0.4, -0.2) is 11.0 Å². The first-order chi connectivity index (χ1) is 9.47. The van der Waals surface area contributed by atoms with E-state index in [1.54, 1.807) is 6.92 Å². The molecule has 0 N–H and O–H groups in total. The normalized spacial score (nSPS) is 12.2. The predicted molar refractivity (Wildman–Crippen MR) is 77.2 cm³/mol. The number of aryl methyl sites for hydroxylation is 1. The van der Waals surface area contributed by atoms with Gasteiger partial charge >= 0.3 is 0 Å². The van der Waals surface area contributed by atoms with E-state index in [4.69, 9.17) is 0 Å². The van der Waals surface area contributed by atoms with Gasteiger partial charge in [0.2, 0.25) is 0 Å². The van der Waals surface area contributed by atoms with E-state index in [2.05, 4.69) is 0 Å². The number of rotatable bonds is 4. The molecule has 20 heavy (non-hydrogen) atoms. The highest BCUT2D eigenvalue weighted by molar-refractivity contribution is 8.00. The van der Waals surface area contributed by atoms with Gasteiger partial charge in [-0.05, 0) is 38.1 Å². The van der Waals surface area contributed by atoms with E-state index in [9.17, 15) is 13.6 Å². The molecule has 1 nitrogen and oxygen atoms in total. The van der Waals surface area contributed by atoms with Crippen LogP contribution in [0.25, 0.3) is 0 Å². The first-order valence-corrected chi connectivity index (χ1v) is 7.08. The number of hydrogen-bond donors (Lipinski definition) is 0. The monoisotopic (exact) mass is 292 g/mol. The second kappa shape index (κ2) is 6.18. The second-order valence-electron chi connectivity index (χ2n) is 4.57. The van der Waals surface area contributed by atoms with Gasteiger partial charge in [0, 0.05) is 11.0 Å². The fourth-order valence-electron chi connectivity index (χ4n) is 1.85. The summed E-state index contributed by atoms with van der Waals surface area (Å²) >= 11 is 1.36. The van der Waals surface area contributed by atoms with Gasteiger partial charge in [-0.2, -0.15) is 0 Å². The Bertz CT molecular complexity index is 640. The summed E-state index contributed by atoms with van der Waals surface area (Å²) < 4.78 is 26.4. The molecular formula is C16H14F2OS. The maximum atomic E-state index is 13.6. The molecule has 2 rings (SSSR count). The number of hydrogen-bond acceptors (Lipinski definition) is 2. The topological polar surface area (TPSA) is 17.1 Å². The van der Waals surface area contributed by atoms with Gasteiger partial charge in [-0.15, -0.1) is 11.8 Å². The van der Waals surface area contributed by atoms with Gasteiger partial charge in [0.15, 0.2) is 5.78 Å². The smallest absolute Gasteiger partial charge is 0.178 e.